The van der Waals surface area contributed by atoms with Crippen molar-refractivity contribution in [3.63, 3.8) is 0 Å². The van der Waals surface area contributed by atoms with Crippen molar-refractivity contribution < 1.29 is 9.53 Å². The summed E-state index contributed by atoms with van der Waals surface area (Å²) < 4.78 is 5.14. The lowest BCUT2D eigenvalue weighted by molar-refractivity contribution is 0.0502. The van der Waals surface area contributed by atoms with Crippen LogP contribution in [0, 0.1) is 6.92 Å². The molecule has 128 valence electrons. The molecule has 0 radical (unpaired) electrons. The van der Waals surface area contributed by atoms with Gasteiger partial charge in [0.25, 0.3) is 5.91 Å². The van der Waals surface area contributed by atoms with Gasteiger partial charge >= 0.3 is 0 Å². The molecule has 0 N–H and O–H groups in total. The number of hydrogen-bond acceptors (Lipinski definition) is 5. The van der Waals surface area contributed by atoms with E-state index in [1.165, 1.54) is 16.9 Å². The largest absolute Gasteiger partial charge is 0.378 e. The van der Waals surface area contributed by atoms with Crippen molar-refractivity contribution in [1.29, 1.82) is 0 Å². The van der Waals surface area contributed by atoms with E-state index in [1.54, 1.807) is 7.11 Å². The second-order valence-corrected chi connectivity index (χ2v) is 7.23. The predicted octanol–water partition coefficient (Wildman–Crippen LogP) is 2.73. The van der Waals surface area contributed by atoms with E-state index >= 15 is 0 Å². The first-order chi connectivity index (χ1) is 11.6. The number of benzene rings is 1. The van der Waals surface area contributed by atoms with Gasteiger partial charge in [-0.1, -0.05) is 30.3 Å². The fraction of sp³-hybridized carbons (Fsp3) is 0.444. The average Bonchev–Trinajstić information content (AvgIpc) is 2.96. The van der Waals surface area contributed by atoms with Gasteiger partial charge in [-0.25, -0.2) is 4.98 Å². The quantitative estimate of drug-likeness (QED) is 0.855. The minimum Gasteiger partial charge on any atom is -0.378 e. The van der Waals surface area contributed by atoms with Crippen LogP contribution in [-0.2, 0) is 11.3 Å². The van der Waals surface area contributed by atoms with Crippen LogP contribution < -0.4 is 0 Å². The molecule has 6 heteroatoms. The highest BCUT2D eigenvalue weighted by molar-refractivity contribution is 7.13. The van der Waals surface area contributed by atoms with Crippen LogP contribution in [0.15, 0.2) is 30.3 Å². The Morgan fingerprint density at radius 1 is 1.33 bits per heavy atom. The minimum absolute atomic E-state index is 0.0739. The minimum atomic E-state index is 0.0739. The highest BCUT2D eigenvalue weighted by Crippen LogP contribution is 2.29. The predicted molar refractivity (Wildman–Crippen MR) is 95.3 cm³/mol. The molecule has 1 aliphatic rings. The summed E-state index contributed by atoms with van der Waals surface area (Å²) in [6.07, 6.45) is 0. The van der Waals surface area contributed by atoms with E-state index in [-0.39, 0.29) is 11.9 Å². The molecule has 1 aromatic heterocycles. The van der Waals surface area contributed by atoms with E-state index in [0.29, 0.717) is 6.61 Å². The molecule has 0 aliphatic carbocycles. The third-order valence-corrected chi connectivity index (χ3v) is 5.45. The molecule has 0 bridgehead atoms. The fourth-order valence-electron chi connectivity index (χ4n) is 3.09. The molecular weight excluding hydrogens is 322 g/mol. The molecule has 0 spiro atoms. The number of ether oxygens (including phenoxy) is 1. The van der Waals surface area contributed by atoms with Crippen LogP contribution in [0.2, 0.25) is 0 Å². The van der Waals surface area contributed by atoms with Crippen molar-refractivity contribution in [2.45, 2.75) is 19.6 Å². The lowest BCUT2D eigenvalue weighted by Gasteiger charge is -2.40. The van der Waals surface area contributed by atoms with E-state index in [9.17, 15) is 4.79 Å². The lowest BCUT2D eigenvalue weighted by atomic mass is 10.0. The molecule has 1 aromatic carbocycles. The summed E-state index contributed by atoms with van der Waals surface area (Å²) in [6, 6.07) is 10.3. The zero-order chi connectivity index (χ0) is 17.1. The third-order valence-electron chi connectivity index (χ3n) is 4.33. The maximum atomic E-state index is 13.2. The number of amides is 1. The van der Waals surface area contributed by atoms with Crippen molar-refractivity contribution >= 4 is 17.2 Å². The van der Waals surface area contributed by atoms with Crippen molar-refractivity contribution in [2.75, 3.05) is 33.8 Å². The second-order valence-electron chi connectivity index (χ2n) is 6.14. The number of carbonyl (C=O) groups excluding carboxylic acids is 1. The van der Waals surface area contributed by atoms with Crippen molar-refractivity contribution in [3.05, 3.63) is 51.5 Å². The van der Waals surface area contributed by atoms with Crippen LogP contribution in [0.3, 0.4) is 0 Å². The molecule has 2 aromatic rings. The standard InChI is InChI=1S/C18H23N3O2S/c1-13-17(24-16(19-13)12-23-3)18(22)21-10-9-20(2)11-15(21)14-7-5-4-6-8-14/h4-8,15H,9-12H2,1-3H3. The molecule has 1 atom stereocenters. The number of carbonyl (C=O) groups is 1. The number of nitrogens with zero attached hydrogens (tertiary/aromatic N) is 3. The number of piperazine rings is 1. The second kappa shape index (κ2) is 7.42. The first kappa shape index (κ1) is 17.1. The maximum Gasteiger partial charge on any atom is 0.266 e. The molecule has 2 heterocycles. The topological polar surface area (TPSA) is 45.7 Å². The van der Waals surface area contributed by atoms with Gasteiger partial charge in [0.2, 0.25) is 0 Å². The van der Waals surface area contributed by atoms with Crippen LogP contribution in [0.25, 0.3) is 0 Å². The Bertz CT molecular complexity index is 702. The Hall–Kier alpha value is -1.76. The molecule has 1 saturated heterocycles. The van der Waals surface area contributed by atoms with Gasteiger partial charge in [0, 0.05) is 26.7 Å². The van der Waals surface area contributed by atoms with E-state index in [4.69, 9.17) is 4.74 Å². The Morgan fingerprint density at radius 2 is 2.08 bits per heavy atom. The number of aryl methyl sites for hydroxylation is 1. The summed E-state index contributed by atoms with van der Waals surface area (Å²) in [6.45, 7) is 4.81. The molecule has 1 fully saturated rings. The highest BCUT2D eigenvalue weighted by atomic mass is 32.1. The zero-order valence-electron chi connectivity index (χ0n) is 14.4. The Labute approximate surface area is 146 Å². The molecular formula is C18H23N3O2S. The Balaban J connectivity index is 1.89. The molecule has 3 rings (SSSR count). The van der Waals surface area contributed by atoms with E-state index in [2.05, 4.69) is 29.1 Å². The van der Waals surface area contributed by atoms with Crippen LogP contribution in [-0.4, -0.2) is 54.5 Å². The molecule has 1 unspecified atom stereocenters. The summed E-state index contributed by atoms with van der Waals surface area (Å²) in [4.78, 5) is 22.6. The van der Waals surface area contributed by atoms with Gasteiger partial charge in [-0.3, -0.25) is 4.79 Å². The highest BCUT2D eigenvalue weighted by Gasteiger charge is 2.32. The van der Waals surface area contributed by atoms with Crippen LogP contribution in [0.1, 0.15) is 32.0 Å². The fourth-order valence-corrected chi connectivity index (χ4v) is 4.08. The summed E-state index contributed by atoms with van der Waals surface area (Å²) in [5.41, 5.74) is 1.97. The zero-order valence-corrected chi connectivity index (χ0v) is 15.2. The number of aromatic nitrogens is 1. The van der Waals surface area contributed by atoms with Crippen LogP contribution in [0.5, 0.6) is 0 Å². The Kier molecular flexibility index (Phi) is 5.28. The van der Waals surface area contributed by atoms with Crippen LogP contribution >= 0.6 is 11.3 Å². The van der Waals surface area contributed by atoms with Gasteiger partial charge < -0.3 is 14.5 Å². The van der Waals surface area contributed by atoms with Gasteiger partial charge in [-0.2, -0.15) is 0 Å². The lowest BCUT2D eigenvalue weighted by Crippen LogP contribution is -2.49. The van der Waals surface area contributed by atoms with Crippen molar-refractivity contribution in [2.24, 2.45) is 0 Å². The number of methoxy groups -OCH3 is 1. The van der Waals surface area contributed by atoms with E-state index < -0.39 is 0 Å². The molecule has 5 nitrogen and oxygen atoms in total. The third kappa shape index (κ3) is 3.50. The number of rotatable bonds is 4. The van der Waals surface area contributed by atoms with Gasteiger partial charge in [-0.05, 0) is 19.5 Å². The average molecular weight is 345 g/mol. The monoisotopic (exact) mass is 345 g/mol. The van der Waals surface area contributed by atoms with E-state index in [0.717, 1.165) is 35.2 Å². The van der Waals surface area contributed by atoms with Crippen molar-refractivity contribution in [3.8, 4) is 0 Å². The summed E-state index contributed by atoms with van der Waals surface area (Å²) in [7, 11) is 3.75. The normalized spacial score (nSPS) is 18.8. The van der Waals surface area contributed by atoms with Gasteiger partial charge in [0.05, 0.1) is 18.3 Å². The Morgan fingerprint density at radius 3 is 2.79 bits per heavy atom. The summed E-state index contributed by atoms with van der Waals surface area (Å²) in [5, 5.41) is 0.851. The van der Waals surface area contributed by atoms with Gasteiger partial charge in [-0.15, -0.1) is 11.3 Å². The number of likely N-dealkylation sites (N-methyl/N-ethyl adjacent to an activating group) is 1. The smallest absolute Gasteiger partial charge is 0.266 e. The molecule has 0 saturated carbocycles. The summed E-state index contributed by atoms with van der Waals surface area (Å²) in [5.74, 6) is 0.0781. The first-order valence-corrected chi connectivity index (χ1v) is 8.91. The van der Waals surface area contributed by atoms with Gasteiger partial charge in [0.1, 0.15) is 9.88 Å². The molecule has 24 heavy (non-hydrogen) atoms. The summed E-state index contributed by atoms with van der Waals surface area (Å²) >= 11 is 1.44. The number of thiazole rings is 1. The molecule has 1 aliphatic heterocycles. The van der Waals surface area contributed by atoms with Crippen LogP contribution in [0.4, 0.5) is 0 Å². The first-order valence-electron chi connectivity index (χ1n) is 8.10. The van der Waals surface area contributed by atoms with Gasteiger partial charge in [0.15, 0.2) is 0 Å². The van der Waals surface area contributed by atoms with E-state index in [1.807, 2.05) is 30.0 Å². The molecule has 1 amide bonds. The van der Waals surface area contributed by atoms with Crippen molar-refractivity contribution in [1.82, 2.24) is 14.8 Å². The maximum absolute atomic E-state index is 13.2. The SMILES string of the molecule is COCc1nc(C)c(C(=O)N2CCN(C)CC2c2ccccc2)s1. The number of hydrogen-bond donors (Lipinski definition) is 0.